The van der Waals surface area contributed by atoms with Crippen molar-refractivity contribution in [1.29, 1.82) is 0 Å². The Bertz CT molecular complexity index is 828. The maximum atomic E-state index is 12.8. The number of thioether (sulfide) groups is 1. The van der Waals surface area contributed by atoms with Crippen LogP contribution in [-0.4, -0.2) is 30.8 Å². The quantitative estimate of drug-likeness (QED) is 0.574. The van der Waals surface area contributed by atoms with Crippen LogP contribution in [-0.2, 0) is 20.7 Å². The van der Waals surface area contributed by atoms with Gasteiger partial charge in [0.1, 0.15) is 6.04 Å². The second kappa shape index (κ2) is 7.68. The van der Waals surface area contributed by atoms with E-state index in [1.165, 1.54) is 23.8 Å². The number of esters is 1. The van der Waals surface area contributed by atoms with E-state index in [1.807, 2.05) is 24.3 Å². The molecular weight excluding hydrogens is 381 g/mol. The largest absolute Gasteiger partial charge is 0.467 e. The summed E-state index contributed by atoms with van der Waals surface area (Å²) in [6, 6.07) is 12.0. The summed E-state index contributed by atoms with van der Waals surface area (Å²) < 4.78 is 4.87. The third-order valence-corrected chi connectivity index (χ3v) is 5.68. The minimum atomic E-state index is -0.634. The van der Waals surface area contributed by atoms with Gasteiger partial charge in [-0.25, -0.2) is 4.79 Å². The zero-order valence-corrected chi connectivity index (χ0v) is 15.7. The Morgan fingerprint density at radius 3 is 2.76 bits per heavy atom. The minimum absolute atomic E-state index is 0.141. The smallest absolute Gasteiger partial charge is 0.329 e. The van der Waals surface area contributed by atoms with E-state index in [1.54, 1.807) is 18.2 Å². The number of para-hydroxylation sites is 1. The molecule has 4 nitrogen and oxygen atoms in total. The summed E-state index contributed by atoms with van der Waals surface area (Å²) >= 11 is 13.4. The first-order valence-electron chi connectivity index (χ1n) is 7.57. The van der Waals surface area contributed by atoms with E-state index in [-0.39, 0.29) is 11.7 Å². The second-order valence-corrected chi connectivity index (χ2v) is 7.36. The summed E-state index contributed by atoms with van der Waals surface area (Å²) in [5, 5.41) is 1.09. The van der Waals surface area contributed by atoms with Crippen LogP contribution in [0, 0.1) is 0 Å². The molecule has 0 aromatic heterocycles. The van der Waals surface area contributed by atoms with Gasteiger partial charge in [0.2, 0.25) is 5.91 Å². The molecular formula is C18H15Cl2NO3S. The molecule has 1 amide bonds. The van der Waals surface area contributed by atoms with Crippen LogP contribution in [0.25, 0.3) is 0 Å². The van der Waals surface area contributed by atoms with Gasteiger partial charge in [-0.3, -0.25) is 9.69 Å². The number of amides is 1. The number of ether oxygens (including phenoxy) is 1. The topological polar surface area (TPSA) is 46.6 Å². The van der Waals surface area contributed by atoms with Gasteiger partial charge in [0, 0.05) is 22.0 Å². The van der Waals surface area contributed by atoms with E-state index in [0.717, 1.165) is 16.1 Å². The fraction of sp³-hybridized carbons (Fsp3) is 0.222. The lowest BCUT2D eigenvalue weighted by Crippen LogP contribution is -2.44. The third-order valence-electron chi connectivity index (χ3n) is 3.96. The van der Waals surface area contributed by atoms with E-state index >= 15 is 0 Å². The van der Waals surface area contributed by atoms with Gasteiger partial charge < -0.3 is 4.74 Å². The minimum Gasteiger partial charge on any atom is -0.467 e. The fourth-order valence-electron chi connectivity index (χ4n) is 2.82. The Hall–Kier alpha value is -1.69. The van der Waals surface area contributed by atoms with Gasteiger partial charge in [0.05, 0.1) is 17.9 Å². The summed E-state index contributed by atoms with van der Waals surface area (Å²) in [6.07, 6.45) is 0.456. The number of hydrogen-bond acceptors (Lipinski definition) is 4. The molecule has 0 fully saturated rings. The molecule has 7 heteroatoms. The number of benzene rings is 2. The number of anilines is 1. The monoisotopic (exact) mass is 395 g/mol. The number of fused-ring (bicyclic) bond motifs is 1. The van der Waals surface area contributed by atoms with E-state index in [9.17, 15) is 9.59 Å². The molecule has 1 aliphatic heterocycles. The molecule has 0 aliphatic carbocycles. The van der Waals surface area contributed by atoms with Crippen LogP contribution in [0.15, 0.2) is 47.4 Å². The first kappa shape index (κ1) is 18.1. The maximum Gasteiger partial charge on any atom is 0.329 e. The van der Waals surface area contributed by atoms with E-state index in [4.69, 9.17) is 27.9 Å². The SMILES string of the molecule is COC(=O)C1Cc2ccccc2N1C(=O)CSc1cc(Cl)ccc1Cl. The average molecular weight is 396 g/mol. The molecule has 2 aromatic carbocycles. The highest BCUT2D eigenvalue weighted by Crippen LogP contribution is 2.35. The molecule has 1 unspecified atom stereocenters. The molecule has 0 spiro atoms. The van der Waals surface area contributed by atoms with E-state index in [2.05, 4.69) is 0 Å². The molecule has 0 saturated carbocycles. The number of nitrogens with zero attached hydrogens (tertiary/aromatic N) is 1. The van der Waals surface area contributed by atoms with Crippen molar-refractivity contribution in [3.63, 3.8) is 0 Å². The lowest BCUT2D eigenvalue weighted by Gasteiger charge is -2.23. The van der Waals surface area contributed by atoms with Gasteiger partial charge >= 0.3 is 5.97 Å². The number of carbonyl (C=O) groups is 2. The predicted octanol–water partition coefficient (Wildman–Crippen LogP) is 4.22. The van der Waals surface area contributed by atoms with Gasteiger partial charge in [0.15, 0.2) is 0 Å². The van der Waals surface area contributed by atoms with Crippen LogP contribution in [0.2, 0.25) is 10.0 Å². The molecule has 0 N–H and O–H groups in total. The van der Waals surface area contributed by atoms with Crippen LogP contribution < -0.4 is 4.90 Å². The molecule has 25 heavy (non-hydrogen) atoms. The Labute approximate surface area is 160 Å². The first-order chi connectivity index (χ1) is 12.0. The van der Waals surface area contributed by atoms with Crippen LogP contribution in [0.3, 0.4) is 0 Å². The summed E-state index contributed by atoms with van der Waals surface area (Å²) in [7, 11) is 1.33. The van der Waals surface area contributed by atoms with Gasteiger partial charge in [-0.15, -0.1) is 11.8 Å². The number of methoxy groups -OCH3 is 1. The standard InChI is InChI=1S/C18H15Cl2NO3S/c1-24-18(23)15-8-11-4-2-3-5-14(11)21(15)17(22)10-25-16-9-12(19)6-7-13(16)20/h2-7,9,15H,8,10H2,1H3. The summed E-state index contributed by atoms with van der Waals surface area (Å²) in [5.41, 5.74) is 1.71. The Morgan fingerprint density at radius 1 is 1.24 bits per heavy atom. The predicted molar refractivity (Wildman–Crippen MR) is 101 cm³/mol. The summed E-state index contributed by atoms with van der Waals surface area (Å²) in [6.45, 7) is 0. The van der Waals surface area contributed by atoms with Crippen molar-refractivity contribution >= 4 is 52.5 Å². The van der Waals surface area contributed by atoms with Crippen molar-refractivity contribution in [2.45, 2.75) is 17.4 Å². The Balaban J connectivity index is 1.81. The Morgan fingerprint density at radius 2 is 2.00 bits per heavy atom. The van der Waals surface area contributed by atoms with Crippen molar-refractivity contribution in [1.82, 2.24) is 0 Å². The van der Waals surface area contributed by atoms with E-state index in [0.29, 0.717) is 16.5 Å². The molecule has 130 valence electrons. The molecule has 1 heterocycles. The molecule has 1 aliphatic rings. The molecule has 0 bridgehead atoms. The maximum absolute atomic E-state index is 12.8. The molecule has 1 atom stereocenters. The number of halogens is 2. The molecule has 0 radical (unpaired) electrons. The lowest BCUT2D eigenvalue weighted by molar-refractivity contribution is -0.143. The lowest BCUT2D eigenvalue weighted by atomic mass is 10.1. The van der Waals surface area contributed by atoms with Crippen LogP contribution >= 0.6 is 35.0 Å². The van der Waals surface area contributed by atoms with Crippen LogP contribution in [0.5, 0.6) is 0 Å². The number of hydrogen-bond donors (Lipinski definition) is 0. The van der Waals surface area contributed by atoms with Crippen LogP contribution in [0.4, 0.5) is 5.69 Å². The van der Waals surface area contributed by atoms with Crippen molar-refractivity contribution < 1.29 is 14.3 Å². The molecule has 0 saturated heterocycles. The summed E-state index contributed by atoms with van der Waals surface area (Å²) in [5.74, 6) is -0.459. The van der Waals surface area contributed by atoms with E-state index < -0.39 is 12.0 Å². The number of rotatable bonds is 4. The zero-order valence-electron chi connectivity index (χ0n) is 13.4. The van der Waals surface area contributed by atoms with Gasteiger partial charge in [-0.1, -0.05) is 41.4 Å². The van der Waals surface area contributed by atoms with Gasteiger partial charge in [0.25, 0.3) is 0 Å². The number of carbonyl (C=O) groups excluding carboxylic acids is 2. The first-order valence-corrected chi connectivity index (χ1v) is 9.31. The van der Waals surface area contributed by atoms with Crippen molar-refractivity contribution in [2.24, 2.45) is 0 Å². The van der Waals surface area contributed by atoms with Gasteiger partial charge in [-0.05, 0) is 29.8 Å². The highest BCUT2D eigenvalue weighted by Gasteiger charge is 2.38. The Kier molecular flexibility index (Phi) is 5.57. The third kappa shape index (κ3) is 3.78. The molecule has 2 aromatic rings. The van der Waals surface area contributed by atoms with Crippen LogP contribution in [0.1, 0.15) is 5.56 Å². The fourth-order valence-corrected chi connectivity index (χ4v) is 4.17. The summed E-state index contributed by atoms with van der Waals surface area (Å²) in [4.78, 5) is 27.2. The highest BCUT2D eigenvalue weighted by atomic mass is 35.5. The van der Waals surface area contributed by atoms with Crippen molar-refractivity contribution in [3.05, 3.63) is 58.1 Å². The highest BCUT2D eigenvalue weighted by molar-refractivity contribution is 8.00. The normalized spacial score (nSPS) is 15.8. The van der Waals surface area contributed by atoms with Crippen molar-refractivity contribution in [3.8, 4) is 0 Å². The zero-order chi connectivity index (χ0) is 18.0. The van der Waals surface area contributed by atoms with Gasteiger partial charge in [-0.2, -0.15) is 0 Å². The average Bonchev–Trinajstić information content (AvgIpc) is 3.01. The second-order valence-electron chi connectivity index (χ2n) is 5.50. The van der Waals surface area contributed by atoms with Crippen molar-refractivity contribution in [2.75, 3.05) is 17.8 Å². The molecule has 3 rings (SSSR count).